The topological polar surface area (TPSA) is 58.4 Å². The highest BCUT2D eigenvalue weighted by Crippen LogP contribution is 2.29. The van der Waals surface area contributed by atoms with E-state index in [-0.39, 0.29) is 10.6 Å². The van der Waals surface area contributed by atoms with Gasteiger partial charge in [0, 0.05) is 30.4 Å². The van der Waals surface area contributed by atoms with Gasteiger partial charge in [-0.05, 0) is 67.7 Å². The van der Waals surface area contributed by atoms with Crippen molar-refractivity contribution >= 4 is 27.3 Å². The number of hydrogen-bond donors (Lipinski definition) is 1. The Bertz CT molecular complexity index is 508. The first-order valence-electron chi connectivity index (χ1n) is 7.42. The molecule has 0 aromatic heterocycles. The smallest absolute Gasteiger partial charge is 0.285 e. The van der Waals surface area contributed by atoms with Gasteiger partial charge in [0.15, 0.2) is 0 Å². The molecule has 0 aliphatic carbocycles. The van der Waals surface area contributed by atoms with Crippen LogP contribution in [0.25, 0.3) is 0 Å². The normalized spacial score (nSPS) is 20.3. The summed E-state index contributed by atoms with van der Waals surface area (Å²) in [6.45, 7) is 6.67. The second-order valence-electron chi connectivity index (χ2n) is 5.83. The molecule has 1 saturated heterocycles. The van der Waals surface area contributed by atoms with E-state index in [9.17, 15) is 10.1 Å². The number of halogens is 1. The molecule has 5 nitrogen and oxygen atoms in total. The van der Waals surface area contributed by atoms with Crippen molar-refractivity contribution in [3.8, 4) is 0 Å². The van der Waals surface area contributed by atoms with Gasteiger partial charge in [0.25, 0.3) is 5.69 Å². The maximum atomic E-state index is 11.0. The highest BCUT2D eigenvalue weighted by atomic mass is 79.9. The van der Waals surface area contributed by atoms with Gasteiger partial charge in [-0.25, -0.2) is 0 Å². The van der Waals surface area contributed by atoms with E-state index in [0.717, 1.165) is 38.0 Å². The van der Waals surface area contributed by atoms with Crippen molar-refractivity contribution in [1.82, 2.24) is 4.90 Å². The molecule has 1 aliphatic heterocycles. The zero-order valence-electron chi connectivity index (χ0n) is 12.5. The second-order valence-corrected chi connectivity index (χ2v) is 6.68. The number of nitrogens with zero attached hydrogens (tertiary/aromatic N) is 2. The number of anilines is 1. The molecule has 2 rings (SSSR count). The van der Waals surface area contributed by atoms with Crippen LogP contribution in [0.4, 0.5) is 11.4 Å². The molecule has 0 spiro atoms. The SMILES string of the molecule is CC(C)N1CCCC(Nc2ccc(Br)c([N+](=O)[O-])c2)CC1. The third kappa shape index (κ3) is 4.41. The zero-order chi connectivity index (χ0) is 15.4. The minimum absolute atomic E-state index is 0.109. The van der Waals surface area contributed by atoms with Gasteiger partial charge in [0.1, 0.15) is 0 Å². The van der Waals surface area contributed by atoms with Crippen molar-refractivity contribution in [3.05, 3.63) is 32.8 Å². The lowest BCUT2D eigenvalue weighted by Crippen LogP contribution is -2.32. The Balaban J connectivity index is 2.01. The lowest BCUT2D eigenvalue weighted by molar-refractivity contribution is -0.385. The molecule has 1 fully saturated rings. The number of hydrogen-bond acceptors (Lipinski definition) is 4. The molecule has 0 saturated carbocycles. The predicted octanol–water partition coefficient (Wildman–Crippen LogP) is 4.03. The standard InChI is InChI=1S/C15H22BrN3O2/c1-11(2)18-8-3-4-12(7-9-18)17-13-5-6-14(16)15(10-13)19(20)21/h5-6,10-12,17H,3-4,7-9H2,1-2H3. The number of likely N-dealkylation sites (tertiary alicyclic amines) is 1. The van der Waals surface area contributed by atoms with Crippen LogP contribution < -0.4 is 5.32 Å². The Morgan fingerprint density at radius 1 is 1.38 bits per heavy atom. The molecule has 1 aromatic carbocycles. The van der Waals surface area contributed by atoms with Gasteiger partial charge in [-0.2, -0.15) is 0 Å². The number of nitrogens with one attached hydrogen (secondary N) is 1. The van der Waals surface area contributed by atoms with Crippen LogP contribution in [0.15, 0.2) is 22.7 Å². The quantitative estimate of drug-likeness (QED) is 0.654. The van der Waals surface area contributed by atoms with Gasteiger partial charge in [0.2, 0.25) is 0 Å². The fourth-order valence-corrected chi connectivity index (χ4v) is 3.15. The molecule has 1 aliphatic rings. The van der Waals surface area contributed by atoms with Crippen LogP contribution in [0, 0.1) is 10.1 Å². The van der Waals surface area contributed by atoms with Crippen LogP contribution in [0.2, 0.25) is 0 Å². The summed E-state index contributed by atoms with van der Waals surface area (Å²) in [5.41, 5.74) is 0.935. The van der Waals surface area contributed by atoms with E-state index >= 15 is 0 Å². The van der Waals surface area contributed by atoms with Gasteiger partial charge in [0.05, 0.1) is 9.40 Å². The fourth-order valence-electron chi connectivity index (χ4n) is 2.76. The summed E-state index contributed by atoms with van der Waals surface area (Å²) in [6.07, 6.45) is 3.34. The lowest BCUT2D eigenvalue weighted by atomic mass is 10.1. The monoisotopic (exact) mass is 355 g/mol. The van der Waals surface area contributed by atoms with Crippen molar-refractivity contribution in [2.45, 2.75) is 45.2 Å². The first kappa shape index (κ1) is 16.2. The summed E-state index contributed by atoms with van der Waals surface area (Å²) >= 11 is 3.22. The van der Waals surface area contributed by atoms with Crippen molar-refractivity contribution in [2.24, 2.45) is 0 Å². The van der Waals surface area contributed by atoms with Crippen molar-refractivity contribution in [1.29, 1.82) is 0 Å². The lowest BCUT2D eigenvalue weighted by Gasteiger charge is -2.24. The van der Waals surface area contributed by atoms with Gasteiger partial charge in [-0.3, -0.25) is 10.1 Å². The van der Waals surface area contributed by atoms with Crippen molar-refractivity contribution in [3.63, 3.8) is 0 Å². The number of nitro benzene ring substituents is 1. The molecule has 21 heavy (non-hydrogen) atoms. The summed E-state index contributed by atoms with van der Waals surface area (Å²) in [4.78, 5) is 13.1. The highest BCUT2D eigenvalue weighted by molar-refractivity contribution is 9.10. The van der Waals surface area contributed by atoms with Crippen LogP contribution in [0.5, 0.6) is 0 Å². The van der Waals surface area contributed by atoms with E-state index in [1.165, 1.54) is 0 Å². The van der Waals surface area contributed by atoms with Gasteiger partial charge in [-0.1, -0.05) is 0 Å². The summed E-state index contributed by atoms with van der Waals surface area (Å²) in [5.74, 6) is 0. The highest BCUT2D eigenvalue weighted by Gasteiger charge is 2.19. The molecule has 116 valence electrons. The van der Waals surface area contributed by atoms with Gasteiger partial charge >= 0.3 is 0 Å². The summed E-state index contributed by atoms with van der Waals surface area (Å²) < 4.78 is 0.518. The minimum Gasteiger partial charge on any atom is -0.382 e. The Morgan fingerprint density at radius 3 is 2.81 bits per heavy atom. The summed E-state index contributed by atoms with van der Waals surface area (Å²) in [6, 6.07) is 6.20. The Labute approximate surface area is 134 Å². The fraction of sp³-hybridized carbons (Fsp3) is 0.600. The van der Waals surface area contributed by atoms with Gasteiger partial charge in [-0.15, -0.1) is 0 Å². The molecule has 6 heteroatoms. The van der Waals surface area contributed by atoms with Gasteiger partial charge < -0.3 is 10.2 Å². The zero-order valence-corrected chi connectivity index (χ0v) is 14.1. The summed E-state index contributed by atoms with van der Waals surface area (Å²) in [7, 11) is 0. The summed E-state index contributed by atoms with van der Waals surface area (Å²) in [5, 5.41) is 14.4. The molecular weight excluding hydrogens is 334 g/mol. The van der Waals surface area contributed by atoms with Crippen LogP contribution in [0.3, 0.4) is 0 Å². The molecule has 1 unspecified atom stereocenters. The first-order valence-corrected chi connectivity index (χ1v) is 8.21. The molecule has 1 atom stereocenters. The van der Waals surface area contributed by atoms with Crippen molar-refractivity contribution in [2.75, 3.05) is 18.4 Å². The Kier molecular flexibility index (Phi) is 5.58. The number of nitro groups is 1. The molecule has 0 amide bonds. The largest absolute Gasteiger partial charge is 0.382 e. The minimum atomic E-state index is -0.358. The number of rotatable bonds is 4. The Morgan fingerprint density at radius 2 is 2.14 bits per heavy atom. The molecule has 0 radical (unpaired) electrons. The van der Waals surface area contributed by atoms with E-state index < -0.39 is 0 Å². The molecule has 1 aromatic rings. The van der Waals surface area contributed by atoms with Crippen LogP contribution in [-0.2, 0) is 0 Å². The van der Waals surface area contributed by atoms with Crippen molar-refractivity contribution < 1.29 is 4.92 Å². The van der Waals surface area contributed by atoms with E-state index in [2.05, 4.69) is 40.0 Å². The van der Waals surface area contributed by atoms with E-state index in [1.54, 1.807) is 12.1 Å². The average Bonchev–Trinajstić information content (AvgIpc) is 2.66. The average molecular weight is 356 g/mol. The third-order valence-electron chi connectivity index (χ3n) is 4.01. The predicted molar refractivity (Wildman–Crippen MR) is 88.8 cm³/mol. The maximum absolute atomic E-state index is 11.0. The molecule has 0 bridgehead atoms. The molecular formula is C15H22BrN3O2. The maximum Gasteiger partial charge on any atom is 0.285 e. The second kappa shape index (κ2) is 7.22. The third-order valence-corrected chi connectivity index (χ3v) is 4.68. The number of benzene rings is 1. The van der Waals surface area contributed by atoms with E-state index in [0.29, 0.717) is 16.6 Å². The van der Waals surface area contributed by atoms with E-state index in [4.69, 9.17) is 0 Å². The Hall–Kier alpha value is -1.14. The van der Waals surface area contributed by atoms with Crippen LogP contribution >= 0.6 is 15.9 Å². The van der Waals surface area contributed by atoms with Crippen LogP contribution in [-0.4, -0.2) is 35.0 Å². The molecule has 1 N–H and O–H groups in total. The molecule has 1 heterocycles. The van der Waals surface area contributed by atoms with E-state index in [1.807, 2.05) is 6.07 Å². The first-order chi connectivity index (χ1) is 9.97. The van der Waals surface area contributed by atoms with Crippen LogP contribution in [0.1, 0.15) is 33.1 Å².